The zero-order valence-electron chi connectivity index (χ0n) is 13.1. The zero-order chi connectivity index (χ0) is 15.2. The van der Waals surface area contributed by atoms with Crippen LogP contribution in [-0.2, 0) is 4.74 Å². The number of aromatic nitrogens is 1. The monoisotopic (exact) mass is 291 g/mol. The van der Waals surface area contributed by atoms with Crippen molar-refractivity contribution in [2.75, 3.05) is 26.2 Å². The molecule has 0 aromatic carbocycles. The molecule has 5 heteroatoms. The van der Waals surface area contributed by atoms with E-state index in [1.54, 1.807) is 6.20 Å². The molecule has 1 aliphatic heterocycles. The van der Waals surface area contributed by atoms with Crippen LogP contribution in [0.25, 0.3) is 0 Å². The summed E-state index contributed by atoms with van der Waals surface area (Å²) in [5.74, 6) is -0.0498. The molecule has 0 saturated carbocycles. The van der Waals surface area contributed by atoms with E-state index in [0.29, 0.717) is 24.3 Å². The number of carbonyl (C=O) groups is 1. The molecule has 21 heavy (non-hydrogen) atoms. The molecular weight excluding hydrogens is 266 g/mol. The van der Waals surface area contributed by atoms with Crippen molar-refractivity contribution in [3.8, 4) is 0 Å². The van der Waals surface area contributed by atoms with E-state index in [1.807, 2.05) is 19.1 Å². The molecule has 2 atom stereocenters. The van der Waals surface area contributed by atoms with E-state index in [1.165, 1.54) is 0 Å². The normalized spacial score (nSPS) is 23.0. The van der Waals surface area contributed by atoms with Crippen molar-refractivity contribution in [1.82, 2.24) is 15.2 Å². The lowest BCUT2D eigenvalue weighted by Crippen LogP contribution is -2.46. The molecule has 116 valence electrons. The Morgan fingerprint density at radius 3 is 2.71 bits per heavy atom. The first-order valence-electron chi connectivity index (χ1n) is 7.63. The maximum Gasteiger partial charge on any atom is 0.252 e. The van der Waals surface area contributed by atoms with E-state index in [9.17, 15) is 4.79 Å². The highest BCUT2D eigenvalue weighted by atomic mass is 16.5. The number of morpholine rings is 1. The summed E-state index contributed by atoms with van der Waals surface area (Å²) < 4.78 is 5.71. The maximum absolute atomic E-state index is 11.9. The lowest BCUT2D eigenvalue weighted by molar-refractivity contribution is -0.0679. The van der Waals surface area contributed by atoms with E-state index in [4.69, 9.17) is 4.74 Å². The van der Waals surface area contributed by atoms with Crippen LogP contribution in [0.15, 0.2) is 18.3 Å². The summed E-state index contributed by atoms with van der Waals surface area (Å²) >= 11 is 0. The van der Waals surface area contributed by atoms with Crippen LogP contribution in [0, 0.1) is 6.92 Å². The van der Waals surface area contributed by atoms with Crippen LogP contribution < -0.4 is 5.32 Å². The van der Waals surface area contributed by atoms with Crippen molar-refractivity contribution in [2.45, 2.75) is 39.4 Å². The third-order valence-electron chi connectivity index (χ3n) is 3.61. The standard InChI is InChI=1S/C16H25N3O2/c1-12-5-6-15(9-18-12)16(20)17-7-4-8-19-10-13(2)21-14(3)11-19/h5-6,9,13-14H,4,7-8,10-11H2,1-3H3,(H,17,20). The van der Waals surface area contributed by atoms with Gasteiger partial charge in [0.1, 0.15) is 0 Å². The van der Waals surface area contributed by atoms with Crippen molar-refractivity contribution in [2.24, 2.45) is 0 Å². The Kier molecular flexibility index (Phi) is 5.70. The van der Waals surface area contributed by atoms with Crippen molar-refractivity contribution < 1.29 is 9.53 Å². The first-order chi connectivity index (χ1) is 10.0. The number of nitrogens with one attached hydrogen (secondary N) is 1. The lowest BCUT2D eigenvalue weighted by atomic mass is 10.2. The maximum atomic E-state index is 11.9. The molecule has 0 radical (unpaired) electrons. The first kappa shape index (κ1) is 15.9. The van der Waals surface area contributed by atoms with E-state index in [2.05, 4.69) is 29.0 Å². The molecule has 2 heterocycles. The molecule has 1 N–H and O–H groups in total. The van der Waals surface area contributed by atoms with Crippen molar-refractivity contribution >= 4 is 5.91 Å². The van der Waals surface area contributed by atoms with Crippen LogP contribution in [0.4, 0.5) is 0 Å². The molecule has 1 amide bonds. The molecule has 0 bridgehead atoms. The van der Waals surface area contributed by atoms with Gasteiger partial charge in [-0.2, -0.15) is 0 Å². The number of rotatable bonds is 5. The Morgan fingerprint density at radius 2 is 2.10 bits per heavy atom. The molecule has 0 spiro atoms. The van der Waals surface area contributed by atoms with Gasteiger partial charge in [-0.1, -0.05) is 0 Å². The predicted molar refractivity (Wildman–Crippen MR) is 82.4 cm³/mol. The summed E-state index contributed by atoms with van der Waals surface area (Å²) in [6.45, 7) is 9.74. The molecule has 2 rings (SSSR count). The van der Waals surface area contributed by atoms with Gasteiger partial charge in [0, 0.05) is 38.1 Å². The fraction of sp³-hybridized carbons (Fsp3) is 0.625. The van der Waals surface area contributed by atoms with E-state index in [0.717, 1.165) is 31.7 Å². The molecule has 2 unspecified atom stereocenters. The summed E-state index contributed by atoms with van der Waals surface area (Å²) in [5, 5.41) is 2.94. The van der Waals surface area contributed by atoms with Crippen LogP contribution in [-0.4, -0.2) is 54.2 Å². The number of nitrogens with zero attached hydrogens (tertiary/aromatic N) is 2. The number of amides is 1. The summed E-state index contributed by atoms with van der Waals surface area (Å²) in [6, 6.07) is 3.66. The van der Waals surface area contributed by atoms with Gasteiger partial charge < -0.3 is 10.1 Å². The Balaban J connectivity index is 1.67. The van der Waals surface area contributed by atoms with Crippen LogP contribution in [0.5, 0.6) is 0 Å². The Labute approximate surface area is 126 Å². The topological polar surface area (TPSA) is 54.5 Å². The van der Waals surface area contributed by atoms with Crippen LogP contribution >= 0.6 is 0 Å². The minimum atomic E-state index is -0.0498. The molecular formula is C16H25N3O2. The highest BCUT2D eigenvalue weighted by molar-refractivity contribution is 5.93. The number of ether oxygens (including phenoxy) is 1. The number of carbonyl (C=O) groups excluding carboxylic acids is 1. The number of hydrogen-bond acceptors (Lipinski definition) is 4. The highest BCUT2D eigenvalue weighted by Crippen LogP contribution is 2.10. The van der Waals surface area contributed by atoms with E-state index >= 15 is 0 Å². The van der Waals surface area contributed by atoms with Gasteiger partial charge in [-0.15, -0.1) is 0 Å². The van der Waals surface area contributed by atoms with Crippen LogP contribution in [0.2, 0.25) is 0 Å². The molecule has 1 aliphatic rings. The van der Waals surface area contributed by atoms with Crippen molar-refractivity contribution in [3.05, 3.63) is 29.6 Å². The SMILES string of the molecule is Cc1ccc(C(=O)NCCCN2CC(C)OC(C)C2)cn1. The van der Waals surface area contributed by atoms with E-state index < -0.39 is 0 Å². The van der Waals surface area contributed by atoms with Gasteiger partial charge >= 0.3 is 0 Å². The molecule has 1 aromatic rings. The van der Waals surface area contributed by atoms with E-state index in [-0.39, 0.29) is 5.91 Å². The third-order valence-corrected chi connectivity index (χ3v) is 3.61. The van der Waals surface area contributed by atoms with Crippen LogP contribution in [0.1, 0.15) is 36.3 Å². The second kappa shape index (κ2) is 7.52. The Morgan fingerprint density at radius 1 is 1.38 bits per heavy atom. The minimum Gasteiger partial charge on any atom is -0.373 e. The fourth-order valence-corrected chi connectivity index (χ4v) is 2.68. The van der Waals surface area contributed by atoms with Crippen molar-refractivity contribution in [3.63, 3.8) is 0 Å². The molecule has 1 saturated heterocycles. The third kappa shape index (κ3) is 5.10. The molecule has 1 fully saturated rings. The molecule has 1 aromatic heterocycles. The average molecular weight is 291 g/mol. The quantitative estimate of drug-likeness (QED) is 0.838. The summed E-state index contributed by atoms with van der Waals surface area (Å²) in [6.07, 6.45) is 3.16. The first-order valence-corrected chi connectivity index (χ1v) is 7.63. The number of hydrogen-bond donors (Lipinski definition) is 1. The minimum absolute atomic E-state index is 0.0498. The number of aryl methyl sites for hydroxylation is 1. The van der Waals surface area contributed by atoms with Gasteiger partial charge in [0.15, 0.2) is 0 Å². The largest absolute Gasteiger partial charge is 0.373 e. The highest BCUT2D eigenvalue weighted by Gasteiger charge is 2.21. The summed E-state index contributed by atoms with van der Waals surface area (Å²) in [7, 11) is 0. The fourth-order valence-electron chi connectivity index (χ4n) is 2.68. The van der Waals surface area contributed by atoms with Gasteiger partial charge in [0.05, 0.1) is 17.8 Å². The Bertz CT molecular complexity index is 451. The Hall–Kier alpha value is -1.46. The van der Waals surface area contributed by atoms with Gasteiger partial charge in [-0.25, -0.2) is 0 Å². The van der Waals surface area contributed by atoms with Gasteiger partial charge in [-0.3, -0.25) is 14.7 Å². The van der Waals surface area contributed by atoms with Gasteiger partial charge in [0.25, 0.3) is 5.91 Å². The smallest absolute Gasteiger partial charge is 0.252 e. The average Bonchev–Trinajstić information content (AvgIpc) is 2.43. The van der Waals surface area contributed by atoms with Crippen molar-refractivity contribution in [1.29, 1.82) is 0 Å². The predicted octanol–water partition coefficient (Wildman–Crippen LogP) is 1.62. The van der Waals surface area contributed by atoms with Gasteiger partial charge in [0.2, 0.25) is 0 Å². The number of pyridine rings is 1. The second-order valence-electron chi connectivity index (χ2n) is 5.81. The summed E-state index contributed by atoms with van der Waals surface area (Å²) in [5.41, 5.74) is 1.54. The van der Waals surface area contributed by atoms with Gasteiger partial charge in [-0.05, 0) is 39.3 Å². The molecule has 5 nitrogen and oxygen atoms in total. The van der Waals surface area contributed by atoms with Crippen LogP contribution in [0.3, 0.4) is 0 Å². The zero-order valence-corrected chi connectivity index (χ0v) is 13.1. The lowest BCUT2D eigenvalue weighted by Gasteiger charge is -2.35. The summed E-state index contributed by atoms with van der Waals surface area (Å²) in [4.78, 5) is 18.5. The second-order valence-corrected chi connectivity index (χ2v) is 5.81. The molecule has 0 aliphatic carbocycles.